The Morgan fingerprint density at radius 3 is 2.69 bits per heavy atom. The summed E-state index contributed by atoms with van der Waals surface area (Å²) < 4.78 is 0. The Bertz CT molecular complexity index is 251. The fraction of sp³-hybridized carbons (Fsp3) is 0.917. The van der Waals surface area contributed by atoms with E-state index in [2.05, 4.69) is 4.90 Å². The molecular weight excluding hydrogens is 202 g/mol. The molecule has 94 valence electrons. The van der Waals surface area contributed by atoms with Gasteiger partial charge in [0.15, 0.2) is 0 Å². The van der Waals surface area contributed by atoms with Crippen LogP contribution in [-0.4, -0.2) is 54.5 Å². The van der Waals surface area contributed by atoms with Gasteiger partial charge in [-0.2, -0.15) is 0 Å². The quantitative estimate of drug-likeness (QED) is 0.768. The largest absolute Gasteiger partial charge is 0.337 e. The Morgan fingerprint density at radius 2 is 2.19 bits per heavy atom. The number of hydrogen-bond acceptors (Lipinski definition) is 3. The Kier molecular flexibility index (Phi) is 4.33. The van der Waals surface area contributed by atoms with Gasteiger partial charge in [-0.05, 0) is 40.3 Å². The van der Waals surface area contributed by atoms with E-state index in [1.165, 1.54) is 0 Å². The van der Waals surface area contributed by atoms with E-state index in [4.69, 9.17) is 5.73 Å². The molecule has 1 aliphatic heterocycles. The van der Waals surface area contributed by atoms with Crippen molar-refractivity contribution in [2.75, 3.05) is 27.2 Å². The molecule has 0 aliphatic carbocycles. The summed E-state index contributed by atoms with van der Waals surface area (Å²) in [5, 5.41) is 0. The van der Waals surface area contributed by atoms with E-state index in [9.17, 15) is 4.79 Å². The summed E-state index contributed by atoms with van der Waals surface area (Å²) in [6, 6.07) is 0.344. The normalized spacial score (nSPS) is 24.9. The average Bonchev–Trinajstić information content (AvgIpc) is 2.63. The zero-order valence-electron chi connectivity index (χ0n) is 11.0. The molecule has 2 unspecified atom stereocenters. The van der Waals surface area contributed by atoms with Crippen molar-refractivity contribution in [2.45, 2.75) is 44.7 Å². The van der Waals surface area contributed by atoms with Crippen molar-refractivity contribution in [2.24, 2.45) is 5.73 Å². The molecule has 1 heterocycles. The second-order valence-electron chi connectivity index (χ2n) is 5.33. The minimum absolute atomic E-state index is 0.111. The van der Waals surface area contributed by atoms with E-state index in [1.54, 1.807) is 0 Å². The highest BCUT2D eigenvalue weighted by atomic mass is 16.2. The molecule has 16 heavy (non-hydrogen) atoms. The maximum Gasteiger partial charge on any atom is 0.242 e. The Balaban J connectivity index is 2.68. The first kappa shape index (κ1) is 13.5. The SMILES string of the molecule is CCC(C)(N)C(=O)N1CCCC1CN(C)C. The van der Waals surface area contributed by atoms with Gasteiger partial charge in [0, 0.05) is 19.1 Å². The summed E-state index contributed by atoms with van der Waals surface area (Å²) in [6.07, 6.45) is 2.89. The van der Waals surface area contributed by atoms with Crippen molar-refractivity contribution < 1.29 is 4.79 Å². The average molecular weight is 227 g/mol. The number of carbonyl (C=O) groups excluding carboxylic acids is 1. The van der Waals surface area contributed by atoms with Crippen LogP contribution >= 0.6 is 0 Å². The number of likely N-dealkylation sites (N-methyl/N-ethyl adjacent to an activating group) is 1. The lowest BCUT2D eigenvalue weighted by atomic mass is 9.98. The summed E-state index contributed by atoms with van der Waals surface area (Å²) in [6.45, 7) is 5.60. The fourth-order valence-corrected chi connectivity index (χ4v) is 2.19. The third-order valence-electron chi connectivity index (χ3n) is 3.44. The van der Waals surface area contributed by atoms with E-state index in [0.717, 1.165) is 25.9 Å². The lowest BCUT2D eigenvalue weighted by Crippen LogP contribution is -2.55. The summed E-state index contributed by atoms with van der Waals surface area (Å²) in [5.41, 5.74) is 5.33. The molecule has 1 rings (SSSR count). The zero-order chi connectivity index (χ0) is 12.3. The van der Waals surface area contributed by atoms with E-state index in [-0.39, 0.29) is 5.91 Å². The van der Waals surface area contributed by atoms with E-state index in [0.29, 0.717) is 12.5 Å². The van der Waals surface area contributed by atoms with Gasteiger partial charge in [0.1, 0.15) is 0 Å². The van der Waals surface area contributed by atoms with Gasteiger partial charge in [-0.25, -0.2) is 0 Å². The lowest BCUT2D eigenvalue weighted by molar-refractivity contribution is -0.137. The van der Waals surface area contributed by atoms with E-state index < -0.39 is 5.54 Å². The first-order chi connectivity index (χ1) is 7.38. The Hall–Kier alpha value is -0.610. The molecule has 2 N–H and O–H groups in total. The van der Waals surface area contributed by atoms with Gasteiger partial charge in [0.25, 0.3) is 0 Å². The number of hydrogen-bond donors (Lipinski definition) is 1. The highest BCUT2D eigenvalue weighted by Crippen LogP contribution is 2.22. The molecule has 1 amide bonds. The smallest absolute Gasteiger partial charge is 0.242 e. The molecule has 1 saturated heterocycles. The van der Waals surface area contributed by atoms with Gasteiger partial charge in [0.2, 0.25) is 5.91 Å². The molecule has 0 saturated carbocycles. The predicted octanol–water partition coefficient (Wildman–Crippen LogP) is 0.666. The molecule has 4 heteroatoms. The van der Waals surface area contributed by atoms with E-state index in [1.807, 2.05) is 32.8 Å². The van der Waals surface area contributed by atoms with Crippen LogP contribution in [0.5, 0.6) is 0 Å². The van der Waals surface area contributed by atoms with Crippen molar-refractivity contribution in [3.8, 4) is 0 Å². The number of nitrogens with zero attached hydrogens (tertiary/aromatic N) is 2. The first-order valence-electron chi connectivity index (χ1n) is 6.13. The molecule has 0 aromatic heterocycles. The lowest BCUT2D eigenvalue weighted by Gasteiger charge is -2.33. The van der Waals surface area contributed by atoms with Gasteiger partial charge in [-0.15, -0.1) is 0 Å². The van der Waals surface area contributed by atoms with Gasteiger partial charge in [0.05, 0.1) is 5.54 Å². The highest BCUT2D eigenvalue weighted by molar-refractivity contribution is 5.86. The van der Waals surface area contributed by atoms with Gasteiger partial charge >= 0.3 is 0 Å². The maximum atomic E-state index is 12.3. The fourth-order valence-electron chi connectivity index (χ4n) is 2.19. The van der Waals surface area contributed by atoms with Gasteiger partial charge < -0.3 is 15.5 Å². The molecule has 1 aliphatic rings. The minimum atomic E-state index is -0.700. The zero-order valence-corrected chi connectivity index (χ0v) is 11.0. The van der Waals surface area contributed by atoms with Gasteiger partial charge in [-0.3, -0.25) is 4.79 Å². The van der Waals surface area contributed by atoms with Crippen LogP contribution in [0.15, 0.2) is 0 Å². The number of amides is 1. The van der Waals surface area contributed by atoms with Crippen LogP contribution in [-0.2, 0) is 4.79 Å². The van der Waals surface area contributed by atoms with Crippen LogP contribution in [0, 0.1) is 0 Å². The predicted molar refractivity (Wildman–Crippen MR) is 66.2 cm³/mol. The molecule has 0 spiro atoms. The minimum Gasteiger partial charge on any atom is -0.337 e. The third kappa shape index (κ3) is 2.95. The second-order valence-corrected chi connectivity index (χ2v) is 5.33. The third-order valence-corrected chi connectivity index (χ3v) is 3.44. The highest BCUT2D eigenvalue weighted by Gasteiger charge is 2.37. The number of nitrogens with two attached hydrogens (primary N) is 1. The molecule has 0 radical (unpaired) electrons. The van der Waals surface area contributed by atoms with Crippen LogP contribution in [0.25, 0.3) is 0 Å². The van der Waals surface area contributed by atoms with Crippen LogP contribution in [0.2, 0.25) is 0 Å². The van der Waals surface area contributed by atoms with Crippen molar-refractivity contribution in [1.29, 1.82) is 0 Å². The molecule has 4 nitrogen and oxygen atoms in total. The monoisotopic (exact) mass is 227 g/mol. The van der Waals surface area contributed by atoms with E-state index >= 15 is 0 Å². The van der Waals surface area contributed by atoms with Gasteiger partial charge in [-0.1, -0.05) is 6.92 Å². The van der Waals surface area contributed by atoms with Crippen LogP contribution in [0.1, 0.15) is 33.1 Å². The van der Waals surface area contributed by atoms with Crippen molar-refractivity contribution >= 4 is 5.91 Å². The first-order valence-corrected chi connectivity index (χ1v) is 6.13. The van der Waals surface area contributed by atoms with Crippen molar-refractivity contribution in [1.82, 2.24) is 9.80 Å². The Labute approximate surface area is 98.8 Å². The molecule has 2 atom stereocenters. The van der Waals surface area contributed by atoms with Crippen LogP contribution in [0.3, 0.4) is 0 Å². The number of carbonyl (C=O) groups is 1. The molecule has 0 aromatic carbocycles. The van der Waals surface area contributed by atoms with Crippen LogP contribution < -0.4 is 5.73 Å². The summed E-state index contributed by atoms with van der Waals surface area (Å²) in [5.74, 6) is 0.111. The Morgan fingerprint density at radius 1 is 1.56 bits per heavy atom. The second kappa shape index (κ2) is 5.15. The molecule has 0 aromatic rings. The standard InChI is InChI=1S/C12H25N3O/c1-5-12(2,13)11(16)15-8-6-7-10(15)9-14(3)4/h10H,5-9,13H2,1-4H3. The molecule has 1 fully saturated rings. The summed E-state index contributed by atoms with van der Waals surface area (Å²) in [4.78, 5) is 16.4. The molecule has 0 bridgehead atoms. The summed E-state index contributed by atoms with van der Waals surface area (Å²) in [7, 11) is 4.09. The van der Waals surface area contributed by atoms with Crippen molar-refractivity contribution in [3.05, 3.63) is 0 Å². The number of rotatable bonds is 4. The number of likely N-dealkylation sites (tertiary alicyclic amines) is 1. The van der Waals surface area contributed by atoms with Crippen molar-refractivity contribution in [3.63, 3.8) is 0 Å². The van der Waals surface area contributed by atoms with Crippen LogP contribution in [0.4, 0.5) is 0 Å². The summed E-state index contributed by atoms with van der Waals surface area (Å²) >= 11 is 0. The topological polar surface area (TPSA) is 49.6 Å². The molecular formula is C12H25N3O. The maximum absolute atomic E-state index is 12.3.